The van der Waals surface area contributed by atoms with Crippen LogP contribution >= 0.6 is 0 Å². The van der Waals surface area contributed by atoms with Crippen LogP contribution in [0.15, 0.2) is 209 Å². The number of furan rings is 2. The van der Waals surface area contributed by atoms with Crippen molar-refractivity contribution in [3.8, 4) is 55.6 Å². The van der Waals surface area contributed by atoms with Gasteiger partial charge in [0.2, 0.25) is 0 Å². The van der Waals surface area contributed by atoms with Gasteiger partial charge in [0.25, 0.3) is 0 Å². The maximum atomic E-state index is 6.99. The highest BCUT2D eigenvalue weighted by Gasteiger charge is 2.49. The molecule has 12 aromatic rings. The van der Waals surface area contributed by atoms with E-state index in [4.69, 9.17) is 8.83 Å². The normalized spacial score (nSPS) is 15.1. The molecule has 72 heavy (non-hydrogen) atoms. The zero-order valence-corrected chi connectivity index (χ0v) is 41.3. The summed E-state index contributed by atoms with van der Waals surface area (Å²) in [5.41, 5.74) is 26.7. The maximum Gasteiger partial charge on any atom is 0.144 e. The molecule has 2 aromatic heterocycles. The van der Waals surface area contributed by atoms with Crippen molar-refractivity contribution in [3.05, 3.63) is 234 Å². The molecular weight excluding hydrogens is 875 g/mol. The van der Waals surface area contributed by atoms with Crippen LogP contribution in [0.25, 0.3) is 99.5 Å². The predicted molar refractivity (Wildman–Crippen MR) is 299 cm³/mol. The number of nitrogens with zero attached hydrogens (tertiary/aromatic N) is 1. The highest BCUT2D eigenvalue weighted by molar-refractivity contribution is 6.21. The lowest BCUT2D eigenvalue weighted by molar-refractivity contribution is 0.600. The van der Waals surface area contributed by atoms with Crippen molar-refractivity contribution in [2.45, 2.75) is 57.8 Å². The summed E-state index contributed by atoms with van der Waals surface area (Å²) >= 11 is 0. The Balaban J connectivity index is 0.922. The van der Waals surface area contributed by atoms with Crippen molar-refractivity contribution < 1.29 is 8.83 Å². The molecule has 344 valence electrons. The first-order valence-corrected chi connectivity index (χ1v) is 25.4. The molecule has 0 spiro atoms. The molecule has 3 aliphatic carbocycles. The summed E-state index contributed by atoms with van der Waals surface area (Å²) in [6, 6.07) is 73.5. The molecular formula is C69H51NO2. The minimum atomic E-state index is -0.327. The van der Waals surface area contributed by atoms with Crippen LogP contribution in [0.3, 0.4) is 0 Å². The number of hydrogen-bond acceptors (Lipinski definition) is 3. The molecule has 0 amide bonds. The molecule has 10 aromatic carbocycles. The van der Waals surface area contributed by atoms with E-state index in [-0.39, 0.29) is 16.2 Å². The summed E-state index contributed by atoms with van der Waals surface area (Å²) in [5.74, 6) is 0. The van der Waals surface area contributed by atoms with Crippen LogP contribution in [0.2, 0.25) is 0 Å². The largest absolute Gasteiger partial charge is 0.455 e. The first-order chi connectivity index (χ1) is 35.0. The van der Waals surface area contributed by atoms with Gasteiger partial charge in [0.15, 0.2) is 0 Å². The van der Waals surface area contributed by atoms with Gasteiger partial charge in [-0.05, 0) is 139 Å². The van der Waals surface area contributed by atoms with Gasteiger partial charge in [0.05, 0.1) is 0 Å². The number of fused-ring (bicyclic) bond motifs is 19. The van der Waals surface area contributed by atoms with Crippen molar-refractivity contribution in [2.24, 2.45) is 0 Å². The van der Waals surface area contributed by atoms with Crippen LogP contribution < -0.4 is 4.90 Å². The Kier molecular flexibility index (Phi) is 8.26. The van der Waals surface area contributed by atoms with Gasteiger partial charge in [0, 0.05) is 66.0 Å². The molecule has 0 N–H and O–H groups in total. The predicted octanol–water partition coefficient (Wildman–Crippen LogP) is 19.2. The summed E-state index contributed by atoms with van der Waals surface area (Å²) in [5, 5.41) is 4.71. The second-order valence-corrected chi connectivity index (χ2v) is 21.9. The van der Waals surface area contributed by atoms with Gasteiger partial charge in [-0.1, -0.05) is 181 Å². The maximum absolute atomic E-state index is 6.99. The monoisotopic (exact) mass is 925 g/mol. The van der Waals surface area contributed by atoms with Crippen molar-refractivity contribution in [3.63, 3.8) is 0 Å². The number of rotatable bonds is 5. The van der Waals surface area contributed by atoms with Crippen molar-refractivity contribution in [1.82, 2.24) is 0 Å². The molecule has 0 saturated carbocycles. The fraction of sp³-hybridized carbons (Fsp3) is 0.130. The van der Waals surface area contributed by atoms with E-state index in [9.17, 15) is 0 Å². The van der Waals surface area contributed by atoms with Crippen LogP contribution in [-0.4, -0.2) is 0 Å². The number of para-hydroxylation sites is 3. The van der Waals surface area contributed by atoms with E-state index in [1.165, 1.54) is 94.0 Å². The first kappa shape index (κ1) is 41.4. The number of benzene rings is 10. The zero-order valence-electron chi connectivity index (χ0n) is 41.3. The molecule has 2 heterocycles. The molecule has 0 radical (unpaired) electrons. The van der Waals surface area contributed by atoms with Crippen molar-refractivity contribution in [1.29, 1.82) is 0 Å². The molecule has 0 fully saturated rings. The average molecular weight is 926 g/mol. The van der Waals surface area contributed by atoms with Gasteiger partial charge < -0.3 is 13.7 Å². The summed E-state index contributed by atoms with van der Waals surface area (Å²) in [6.07, 6.45) is 0. The standard InChI is InChI=1S/C69H51NO2/c1-67(2)53-37-44(32-34-47(53)58-55(67)39-51(65-60(58)49-27-14-17-30-56(49)71-65)42-23-19-22-41(36-42)40-20-9-7-10-21-40)70(43-24-11-8-12-25-43)45-33-35-48-54(38-45)69(5,6)63-59(48)61-50-28-15-18-31-57(50)72-66(61)62-46-26-13-16-29-52(46)68(3,4)64(62)63/h7-39H,1-6H3. The van der Waals surface area contributed by atoms with Crippen LogP contribution in [0, 0.1) is 0 Å². The third kappa shape index (κ3) is 5.40. The second kappa shape index (κ2) is 14.4. The van der Waals surface area contributed by atoms with Crippen LogP contribution in [0.4, 0.5) is 17.1 Å². The fourth-order valence-electron chi connectivity index (χ4n) is 13.6. The SMILES string of the molecule is CC1(C)c2cc(N(c3ccccc3)c3ccc4c(c3)C(C)(C)c3c5c(c6oc7ccccc7c6c3-4)-c3ccccc3C5(C)C)ccc2-c2c1cc(-c1cccc(-c3ccccc3)c1)c1oc3ccccc3c21. The summed E-state index contributed by atoms with van der Waals surface area (Å²) in [6.45, 7) is 14.5. The highest BCUT2D eigenvalue weighted by Crippen LogP contribution is 2.64. The number of anilines is 3. The summed E-state index contributed by atoms with van der Waals surface area (Å²) in [7, 11) is 0. The fourth-order valence-corrected chi connectivity index (χ4v) is 13.6. The Morgan fingerprint density at radius 1 is 0.319 bits per heavy atom. The van der Waals surface area contributed by atoms with Gasteiger partial charge in [-0.15, -0.1) is 0 Å². The van der Waals surface area contributed by atoms with Crippen molar-refractivity contribution >= 4 is 60.9 Å². The minimum Gasteiger partial charge on any atom is -0.455 e. The van der Waals surface area contributed by atoms with E-state index in [0.717, 1.165) is 55.9 Å². The van der Waals surface area contributed by atoms with Crippen molar-refractivity contribution in [2.75, 3.05) is 4.90 Å². The van der Waals surface area contributed by atoms with Crippen LogP contribution in [0.1, 0.15) is 74.9 Å². The van der Waals surface area contributed by atoms with Gasteiger partial charge >= 0.3 is 0 Å². The van der Waals surface area contributed by atoms with Gasteiger partial charge in [0.1, 0.15) is 22.3 Å². The van der Waals surface area contributed by atoms with E-state index < -0.39 is 0 Å². The molecule has 3 aliphatic rings. The second-order valence-electron chi connectivity index (χ2n) is 21.9. The lowest BCUT2D eigenvalue weighted by atomic mass is 9.72. The van der Waals surface area contributed by atoms with Gasteiger partial charge in [-0.2, -0.15) is 0 Å². The smallest absolute Gasteiger partial charge is 0.144 e. The Morgan fingerprint density at radius 3 is 1.54 bits per heavy atom. The van der Waals surface area contributed by atoms with Gasteiger partial charge in [-0.3, -0.25) is 0 Å². The Bertz CT molecular complexity index is 4300. The van der Waals surface area contributed by atoms with Crippen LogP contribution in [-0.2, 0) is 16.2 Å². The lowest BCUT2D eigenvalue weighted by Crippen LogP contribution is -2.24. The molecule has 0 unspecified atom stereocenters. The Morgan fingerprint density at radius 2 is 0.833 bits per heavy atom. The average Bonchev–Trinajstić information content (AvgIpc) is 4.16. The highest BCUT2D eigenvalue weighted by atomic mass is 16.3. The third-order valence-electron chi connectivity index (χ3n) is 17.0. The zero-order chi connectivity index (χ0) is 48.4. The van der Waals surface area contributed by atoms with E-state index in [1.807, 2.05) is 0 Å². The summed E-state index contributed by atoms with van der Waals surface area (Å²) in [4.78, 5) is 2.47. The van der Waals surface area contributed by atoms with E-state index >= 15 is 0 Å². The molecule has 0 bridgehead atoms. The Hall–Kier alpha value is -8.40. The Labute approximate surface area is 419 Å². The summed E-state index contributed by atoms with van der Waals surface area (Å²) < 4.78 is 13.9. The first-order valence-electron chi connectivity index (χ1n) is 25.4. The topological polar surface area (TPSA) is 29.5 Å². The lowest BCUT2D eigenvalue weighted by Gasteiger charge is -2.32. The molecule has 3 heteroatoms. The molecule has 15 rings (SSSR count). The van der Waals surface area contributed by atoms with E-state index in [0.29, 0.717) is 0 Å². The van der Waals surface area contributed by atoms with Crippen LogP contribution in [0.5, 0.6) is 0 Å². The quantitative estimate of drug-likeness (QED) is 0.172. The number of hydrogen-bond donors (Lipinski definition) is 0. The molecule has 0 atom stereocenters. The van der Waals surface area contributed by atoms with Gasteiger partial charge in [-0.25, -0.2) is 0 Å². The van der Waals surface area contributed by atoms with E-state index in [1.54, 1.807) is 0 Å². The molecule has 0 saturated heterocycles. The third-order valence-corrected chi connectivity index (χ3v) is 17.0. The molecule has 0 aliphatic heterocycles. The van der Waals surface area contributed by atoms with E-state index in [2.05, 4.69) is 247 Å². The molecule has 3 nitrogen and oxygen atoms in total. The minimum absolute atomic E-state index is 0.225.